The van der Waals surface area contributed by atoms with Crippen LogP contribution in [-0.2, 0) is 0 Å². The summed E-state index contributed by atoms with van der Waals surface area (Å²) < 4.78 is 0.972. The molecular formula is C13H7Br2Cl3. The fourth-order valence-electron chi connectivity index (χ4n) is 1.58. The number of hydrogen-bond donors (Lipinski definition) is 0. The molecule has 2 rings (SSSR count). The maximum atomic E-state index is 6.20. The summed E-state index contributed by atoms with van der Waals surface area (Å²) in [6, 6.07) is 11.1. The molecule has 2 aromatic carbocycles. The van der Waals surface area contributed by atoms with Crippen LogP contribution in [0, 0.1) is 0 Å². The highest BCUT2D eigenvalue weighted by Crippen LogP contribution is 2.40. The van der Waals surface area contributed by atoms with Crippen molar-refractivity contribution in [1.29, 1.82) is 0 Å². The Morgan fingerprint density at radius 1 is 0.833 bits per heavy atom. The molecule has 0 aliphatic heterocycles. The summed E-state index contributed by atoms with van der Waals surface area (Å²) in [4.78, 5) is -0.0460. The van der Waals surface area contributed by atoms with E-state index in [0.717, 1.165) is 15.6 Å². The minimum Gasteiger partial charge on any atom is -0.0843 e. The average molecular weight is 429 g/mol. The lowest BCUT2D eigenvalue weighted by Crippen LogP contribution is -1.95. The van der Waals surface area contributed by atoms with Crippen LogP contribution in [0.2, 0.25) is 15.1 Å². The van der Waals surface area contributed by atoms with Crippen LogP contribution in [-0.4, -0.2) is 0 Å². The molecule has 18 heavy (non-hydrogen) atoms. The van der Waals surface area contributed by atoms with Gasteiger partial charge in [-0.05, 0) is 41.5 Å². The second-order valence-corrected chi connectivity index (χ2v) is 6.74. The van der Waals surface area contributed by atoms with Gasteiger partial charge in [0.15, 0.2) is 0 Å². The first kappa shape index (κ1) is 14.7. The highest BCUT2D eigenvalue weighted by atomic mass is 79.9. The van der Waals surface area contributed by atoms with Crippen molar-refractivity contribution in [2.45, 2.75) is 4.83 Å². The number of halogens is 5. The van der Waals surface area contributed by atoms with Gasteiger partial charge in [0.1, 0.15) is 0 Å². The van der Waals surface area contributed by atoms with E-state index in [1.54, 1.807) is 6.07 Å². The standard InChI is InChI=1S/C13H7Br2Cl3/c14-11-4-2-7(16)5-10(11)13(15)9-3-1-8(17)6-12(9)18/h1-6,13H. The molecule has 0 bridgehead atoms. The number of rotatable bonds is 2. The van der Waals surface area contributed by atoms with Gasteiger partial charge < -0.3 is 0 Å². The Kier molecular flexibility index (Phi) is 5.01. The number of alkyl halides is 1. The molecule has 0 heterocycles. The van der Waals surface area contributed by atoms with Crippen molar-refractivity contribution in [2.24, 2.45) is 0 Å². The van der Waals surface area contributed by atoms with Gasteiger partial charge in [-0.2, -0.15) is 0 Å². The Hall–Kier alpha value is 0.270. The molecule has 0 saturated carbocycles. The Bertz CT molecular complexity index is 584. The summed E-state index contributed by atoms with van der Waals surface area (Å²) in [6.07, 6.45) is 0. The average Bonchev–Trinajstić information content (AvgIpc) is 2.31. The van der Waals surface area contributed by atoms with Crippen LogP contribution < -0.4 is 0 Å². The molecule has 0 fully saturated rings. The molecular weight excluding hydrogens is 422 g/mol. The number of benzene rings is 2. The Morgan fingerprint density at radius 2 is 1.44 bits per heavy atom. The molecule has 1 unspecified atom stereocenters. The molecule has 5 heteroatoms. The first-order valence-corrected chi connectivity index (χ1v) is 7.87. The highest BCUT2D eigenvalue weighted by molar-refractivity contribution is 9.11. The minimum absolute atomic E-state index is 0.0460. The summed E-state index contributed by atoms with van der Waals surface area (Å²) >= 11 is 25.3. The second kappa shape index (κ2) is 6.15. The molecule has 0 aliphatic rings. The van der Waals surface area contributed by atoms with E-state index in [4.69, 9.17) is 34.8 Å². The smallest absolute Gasteiger partial charge is 0.0670 e. The molecule has 0 radical (unpaired) electrons. The van der Waals surface area contributed by atoms with Crippen molar-refractivity contribution in [2.75, 3.05) is 0 Å². The lowest BCUT2D eigenvalue weighted by Gasteiger charge is -2.15. The van der Waals surface area contributed by atoms with Crippen molar-refractivity contribution in [3.05, 3.63) is 67.1 Å². The maximum Gasteiger partial charge on any atom is 0.0670 e. The molecule has 0 aliphatic carbocycles. The van der Waals surface area contributed by atoms with E-state index in [1.165, 1.54) is 0 Å². The van der Waals surface area contributed by atoms with Gasteiger partial charge in [-0.25, -0.2) is 0 Å². The summed E-state index contributed by atoms with van der Waals surface area (Å²) in [6.45, 7) is 0. The van der Waals surface area contributed by atoms with Crippen molar-refractivity contribution >= 4 is 66.7 Å². The van der Waals surface area contributed by atoms with Gasteiger partial charge >= 0.3 is 0 Å². The maximum absolute atomic E-state index is 6.20. The van der Waals surface area contributed by atoms with Gasteiger partial charge in [0.05, 0.1) is 4.83 Å². The molecule has 1 atom stereocenters. The first-order chi connectivity index (χ1) is 8.49. The van der Waals surface area contributed by atoms with Gasteiger partial charge in [0.2, 0.25) is 0 Å². The Balaban J connectivity index is 2.47. The van der Waals surface area contributed by atoms with Gasteiger partial charge in [-0.15, -0.1) is 0 Å². The molecule has 0 nitrogen and oxygen atoms in total. The van der Waals surface area contributed by atoms with E-state index in [0.29, 0.717) is 15.1 Å². The SMILES string of the molecule is Clc1ccc(C(Br)c2cc(Cl)ccc2Br)c(Cl)c1. The largest absolute Gasteiger partial charge is 0.0843 e. The Labute approximate surface area is 137 Å². The predicted molar refractivity (Wildman–Crippen MR) is 86.4 cm³/mol. The zero-order chi connectivity index (χ0) is 13.3. The molecule has 0 aromatic heterocycles. The van der Waals surface area contributed by atoms with E-state index in [2.05, 4.69) is 31.9 Å². The van der Waals surface area contributed by atoms with Gasteiger partial charge in [0.25, 0.3) is 0 Å². The van der Waals surface area contributed by atoms with Crippen LogP contribution in [0.1, 0.15) is 16.0 Å². The molecule has 0 amide bonds. The number of hydrogen-bond acceptors (Lipinski definition) is 0. The van der Waals surface area contributed by atoms with Gasteiger partial charge in [-0.1, -0.05) is 72.7 Å². The fourth-order valence-corrected chi connectivity index (χ4v) is 3.97. The summed E-state index contributed by atoms with van der Waals surface area (Å²) in [5.41, 5.74) is 1.97. The summed E-state index contributed by atoms with van der Waals surface area (Å²) in [5, 5.41) is 1.92. The van der Waals surface area contributed by atoms with Crippen LogP contribution in [0.3, 0.4) is 0 Å². The molecule has 0 saturated heterocycles. The highest BCUT2D eigenvalue weighted by Gasteiger charge is 2.17. The minimum atomic E-state index is -0.0460. The molecule has 94 valence electrons. The summed E-state index contributed by atoms with van der Waals surface area (Å²) in [7, 11) is 0. The van der Waals surface area contributed by atoms with Crippen LogP contribution >= 0.6 is 66.7 Å². The van der Waals surface area contributed by atoms with Crippen LogP contribution in [0.25, 0.3) is 0 Å². The van der Waals surface area contributed by atoms with Gasteiger partial charge in [0, 0.05) is 19.5 Å². The third kappa shape index (κ3) is 3.23. The third-order valence-electron chi connectivity index (χ3n) is 2.47. The van der Waals surface area contributed by atoms with E-state index >= 15 is 0 Å². The van der Waals surface area contributed by atoms with Crippen molar-refractivity contribution < 1.29 is 0 Å². The molecule has 0 spiro atoms. The second-order valence-electron chi connectivity index (χ2n) is 3.69. The zero-order valence-electron chi connectivity index (χ0n) is 8.93. The fraction of sp³-hybridized carbons (Fsp3) is 0.0769. The predicted octanol–water partition coefficient (Wildman–Crippen LogP) is 6.89. The van der Waals surface area contributed by atoms with Gasteiger partial charge in [-0.3, -0.25) is 0 Å². The van der Waals surface area contributed by atoms with E-state index in [9.17, 15) is 0 Å². The summed E-state index contributed by atoms with van der Waals surface area (Å²) in [5.74, 6) is 0. The molecule has 2 aromatic rings. The normalized spacial score (nSPS) is 12.5. The van der Waals surface area contributed by atoms with E-state index < -0.39 is 0 Å². The quantitative estimate of drug-likeness (QED) is 0.456. The monoisotopic (exact) mass is 426 g/mol. The lowest BCUT2D eigenvalue weighted by molar-refractivity contribution is 1.16. The lowest BCUT2D eigenvalue weighted by atomic mass is 10.0. The topological polar surface area (TPSA) is 0 Å². The van der Waals surface area contributed by atoms with E-state index in [1.807, 2.05) is 30.3 Å². The zero-order valence-corrected chi connectivity index (χ0v) is 14.4. The van der Waals surface area contributed by atoms with Crippen LogP contribution in [0.4, 0.5) is 0 Å². The van der Waals surface area contributed by atoms with Crippen molar-refractivity contribution in [1.82, 2.24) is 0 Å². The Morgan fingerprint density at radius 3 is 2.11 bits per heavy atom. The van der Waals surface area contributed by atoms with Crippen molar-refractivity contribution in [3.63, 3.8) is 0 Å². The first-order valence-electron chi connectivity index (χ1n) is 5.03. The van der Waals surface area contributed by atoms with Crippen molar-refractivity contribution in [3.8, 4) is 0 Å². The van der Waals surface area contributed by atoms with Crippen LogP contribution in [0.5, 0.6) is 0 Å². The molecule has 0 N–H and O–H groups in total. The van der Waals surface area contributed by atoms with Crippen LogP contribution in [0.15, 0.2) is 40.9 Å². The van der Waals surface area contributed by atoms with E-state index in [-0.39, 0.29) is 4.83 Å². The third-order valence-corrected chi connectivity index (χ3v) is 4.97.